The molecule has 1 N–H and O–H groups in total. The summed E-state index contributed by atoms with van der Waals surface area (Å²) in [7, 11) is 1.53. The van der Waals surface area contributed by atoms with Crippen LogP contribution in [0.5, 0.6) is 5.75 Å². The third-order valence-corrected chi connectivity index (χ3v) is 7.72. The minimum absolute atomic E-state index is 0.180. The first-order valence-electron chi connectivity index (χ1n) is 14.4. The Hall–Kier alpha value is -3.23. The first-order chi connectivity index (χ1) is 19.4. The molecule has 2 amide bonds. The van der Waals surface area contributed by atoms with E-state index in [9.17, 15) is 14.4 Å². The molecule has 2 atom stereocenters. The zero-order valence-corrected chi connectivity index (χ0v) is 24.5. The molecule has 2 aromatic carbocycles. The van der Waals surface area contributed by atoms with Crippen LogP contribution in [0.25, 0.3) is 0 Å². The molecule has 8 nitrogen and oxygen atoms in total. The fourth-order valence-corrected chi connectivity index (χ4v) is 5.27. The Bertz CT molecular complexity index is 1120. The molecule has 0 fully saturated rings. The Morgan fingerprint density at radius 3 is 2.73 bits per heavy atom. The van der Waals surface area contributed by atoms with Gasteiger partial charge in [0, 0.05) is 25.6 Å². The van der Waals surface area contributed by atoms with E-state index in [-0.39, 0.29) is 31.4 Å². The summed E-state index contributed by atoms with van der Waals surface area (Å²) in [5.74, 6) is 0.432. The fraction of sp³-hybridized carbons (Fsp3) is 0.531. The molecule has 8 heteroatoms. The number of aldehydes is 1. The van der Waals surface area contributed by atoms with Crippen LogP contribution >= 0.6 is 0 Å². The van der Waals surface area contributed by atoms with Gasteiger partial charge < -0.3 is 29.4 Å². The van der Waals surface area contributed by atoms with Crippen LogP contribution in [0.15, 0.2) is 36.4 Å². The number of hydrogen-bond donors (Lipinski definition) is 1. The normalized spacial score (nSPS) is 15.0. The van der Waals surface area contributed by atoms with Crippen LogP contribution in [0.2, 0.25) is 0 Å². The van der Waals surface area contributed by atoms with Gasteiger partial charge in [-0.2, -0.15) is 0 Å². The number of aryl methyl sites for hydroxylation is 2. The summed E-state index contributed by atoms with van der Waals surface area (Å²) < 4.78 is 12.2. The Kier molecular flexibility index (Phi) is 12.6. The van der Waals surface area contributed by atoms with Crippen molar-refractivity contribution in [1.29, 1.82) is 0 Å². The fourth-order valence-electron chi connectivity index (χ4n) is 5.27. The lowest BCUT2D eigenvalue weighted by molar-refractivity contribution is -0.133. The average molecular weight is 552 g/mol. The van der Waals surface area contributed by atoms with Crippen molar-refractivity contribution in [2.24, 2.45) is 0 Å². The maximum absolute atomic E-state index is 12.4. The second kappa shape index (κ2) is 16.1. The van der Waals surface area contributed by atoms with E-state index in [0.717, 1.165) is 62.1 Å². The first-order valence-corrected chi connectivity index (χ1v) is 14.4. The number of nitrogens with zero attached hydrogens (tertiary/aromatic N) is 2. The zero-order chi connectivity index (χ0) is 28.9. The highest BCUT2D eigenvalue weighted by atomic mass is 16.5. The molecule has 1 unspecified atom stereocenters. The number of hydrogen-bond acceptors (Lipinski definition) is 6. The number of ether oxygens (including phenoxy) is 2. The molecule has 2 aromatic rings. The number of amides is 2. The Morgan fingerprint density at radius 1 is 1.18 bits per heavy atom. The standard InChI is InChI=1S/C32H45N3O5/c1-5-34(17-15-31-27-20-24(2)13-14-26(27)22-40-31)16-6-7-19-39-30-12-8-10-25(3)28(30)21-35(23-37)29(11-9-18-36)32(38)33-4/h8,10,12-14,18,20,23,29,31H,5-7,9,11,15-17,19,21-22H2,1-4H3,(H,33,38)/t29?,31-/m1/s1. The van der Waals surface area contributed by atoms with Gasteiger partial charge in [0.25, 0.3) is 0 Å². The molecule has 0 saturated heterocycles. The largest absolute Gasteiger partial charge is 0.493 e. The van der Waals surface area contributed by atoms with Crippen LogP contribution in [0.4, 0.5) is 0 Å². The maximum atomic E-state index is 12.4. The van der Waals surface area contributed by atoms with Crippen LogP contribution in [0.3, 0.4) is 0 Å². The van der Waals surface area contributed by atoms with Crippen molar-refractivity contribution in [3.63, 3.8) is 0 Å². The predicted molar refractivity (Wildman–Crippen MR) is 156 cm³/mol. The summed E-state index contributed by atoms with van der Waals surface area (Å²) in [6.45, 7) is 10.8. The number of fused-ring (bicyclic) bond motifs is 1. The van der Waals surface area contributed by atoms with E-state index in [2.05, 4.69) is 42.3 Å². The lowest BCUT2D eigenvalue weighted by Crippen LogP contribution is -2.45. The van der Waals surface area contributed by atoms with E-state index in [0.29, 0.717) is 19.6 Å². The summed E-state index contributed by atoms with van der Waals surface area (Å²) in [6.07, 6.45) is 5.01. The van der Waals surface area contributed by atoms with E-state index in [1.165, 1.54) is 28.6 Å². The smallest absolute Gasteiger partial charge is 0.242 e. The van der Waals surface area contributed by atoms with E-state index < -0.39 is 6.04 Å². The van der Waals surface area contributed by atoms with Crippen LogP contribution < -0.4 is 10.1 Å². The van der Waals surface area contributed by atoms with Crippen LogP contribution in [0, 0.1) is 13.8 Å². The zero-order valence-electron chi connectivity index (χ0n) is 24.5. The first kappa shape index (κ1) is 31.3. The van der Waals surface area contributed by atoms with Crippen LogP contribution in [0.1, 0.15) is 72.9 Å². The van der Waals surface area contributed by atoms with Gasteiger partial charge in [-0.25, -0.2) is 0 Å². The lowest BCUT2D eigenvalue weighted by atomic mass is 10.0. The molecule has 1 aliphatic heterocycles. The SMILES string of the molecule is CCN(CCCCOc1cccc(C)c1CN(C=O)C(CCC=O)C(=O)NC)CC[C@H]1OCc2ccc(C)cc21. The molecule has 40 heavy (non-hydrogen) atoms. The number of carbonyl (C=O) groups is 3. The molecule has 0 aliphatic carbocycles. The second-order valence-electron chi connectivity index (χ2n) is 10.5. The van der Waals surface area contributed by atoms with Gasteiger partial charge >= 0.3 is 0 Å². The van der Waals surface area contributed by atoms with Crippen molar-refractivity contribution in [2.45, 2.75) is 78.2 Å². The molecule has 0 saturated carbocycles. The molecule has 218 valence electrons. The number of nitrogens with one attached hydrogen (secondary N) is 1. The number of likely N-dealkylation sites (N-methyl/N-ethyl adjacent to an activating group) is 1. The van der Waals surface area contributed by atoms with Gasteiger partial charge in [-0.3, -0.25) is 9.59 Å². The average Bonchev–Trinajstić information content (AvgIpc) is 3.36. The van der Waals surface area contributed by atoms with Crippen molar-refractivity contribution in [2.75, 3.05) is 33.3 Å². The van der Waals surface area contributed by atoms with E-state index in [4.69, 9.17) is 9.47 Å². The molecule has 1 heterocycles. The Balaban J connectivity index is 1.49. The molecular weight excluding hydrogens is 506 g/mol. The van der Waals surface area contributed by atoms with Crippen molar-refractivity contribution in [3.05, 3.63) is 64.2 Å². The van der Waals surface area contributed by atoms with Crippen molar-refractivity contribution in [3.8, 4) is 5.75 Å². The molecular formula is C32H45N3O5. The quantitative estimate of drug-likeness (QED) is 0.217. The van der Waals surface area contributed by atoms with Crippen molar-refractivity contribution < 1.29 is 23.9 Å². The number of rotatable bonds is 18. The van der Waals surface area contributed by atoms with Gasteiger partial charge in [-0.15, -0.1) is 0 Å². The summed E-state index contributed by atoms with van der Waals surface area (Å²) >= 11 is 0. The van der Waals surface area contributed by atoms with Gasteiger partial charge in [0.2, 0.25) is 12.3 Å². The van der Waals surface area contributed by atoms with Crippen LogP contribution in [-0.4, -0.2) is 67.7 Å². The Labute approximate surface area is 239 Å². The third kappa shape index (κ3) is 8.63. The minimum Gasteiger partial charge on any atom is -0.493 e. The summed E-state index contributed by atoms with van der Waals surface area (Å²) in [5, 5.41) is 2.60. The molecule has 0 aromatic heterocycles. The van der Waals surface area contributed by atoms with E-state index >= 15 is 0 Å². The van der Waals surface area contributed by atoms with Crippen molar-refractivity contribution in [1.82, 2.24) is 15.1 Å². The highest BCUT2D eigenvalue weighted by Gasteiger charge is 2.26. The van der Waals surface area contributed by atoms with Crippen molar-refractivity contribution >= 4 is 18.6 Å². The van der Waals surface area contributed by atoms with Gasteiger partial charge in [-0.05, 0) is 75.4 Å². The van der Waals surface area contributed by atoms with Crippen LogP contribution in [-0.2, 0) is 32.3 Å². The predicted octanol–water partition coefficient (Wildman–Crippen LogP) is 4.50. The van der Waals surface area contributed by atoms with Gasteiger partial charge in [-0.1, -0.05) is 42.8 Å². The second-order valence-corrected chi connectivity index (χ2v) is 10.5. The molecule has 0 spiro atoms. The molecule has 3 rings (SSSR count). The highest BCUT2D eigenvalue weighted by Crippen LogP contribution is 2.33. The third-order valence-electron chi connectivity index (χ3n) is 7.72. The van der Waals surface area contributed by atoms with E-state index in [1.807, 2.05) is 25.1 Å². The Morgan fingerprint density at radius 2 is 2.00 bits per heavy atom. The summed E-state index contributed by atoms with van der Waals surface area (Å²) in [5.41, 5.74) is 5.79. The van der Waals surface area contributed by atoms with Gasteiger partial charge in [0.1, 0.15) is 18.1 Å². The number of unbranched alkanes of at least 4 members (excludes halogenated alkanes) is 1. The highest BCUT2D eigenvalue weighted by molar-refractivity contribution is 5.83. The maximum Gasteiger partial charge on any atom is 0.242 e. The summed E-state index contributed by atoms with van der Waals surface area (Å²) in [4.78, 5) is 39.2. The van der Waals surface area contributed by atoms with Gasteiger partial charge in [0.15, 0.2) is 0 Å². The number of carbonyl (C=O) groups excluding carboxylic acids is 3. The topological polar surface area (TPSA) is 88.2 Å². The lowest BCUT2D eigenvalue weighted by Gasteiger charge is -2.28. The minimum atomic E-state index is -0.715. The van der Waals surface area contributed by atoms with Gasteiger partial charge in [0.05, 0.1) is 25.9 Å². The number of benzene rings is 2. The monoisotopic (exact) mass is 551 g/mol. The molecule has 0 bridgehead atoms. The van der Waals surface area contributed by atoms with E-state index in [1.54, 1.807) is 0 Å². The molecule has 1 aliphatic rings. The summed E-state index contributed by atoms with van der Waals surface area (Å²) in [6, 6.07) is 11.7. The molecule has 0 radical (unpaired) electrons.